The van der Waals surface area contributed by atoms with Crippen molar-refractivity contribution in [2.75, 3.05) is 11.5 Å². The maximum Gasteiger partial charge on any atom is 0.263 e. The summed E-state index contributed by atoms with van der Waals surface area (Å²) in [5.74, 6) is -0.0727. The number of aryl methyl sites for hydroxylation is 1. The van der Waals surface area contributed by atoms with E-state index in [1.807, 2.05) is 6.07 Å². The lowest BCUT2D eigenvalue weighted by atomic mass is 10.1. The second-order valence-electron chi connectivity index (χ2n) is 7.97. The van der Waals surface area contributed by atoms with Crippen LogP contribution in [0.3, 0.4) is 0 Å². The van der Waals surface area contributed by atoms with Crippen LogP contribution in [0.25, 0.3) is 10.9 Å². The van der Waals surface area contributed by atoms with Gasteiger partial charge in [-0.05, 0) is 42.7 Å². The average molecular weight is 423 g/mol. The zero-order chi connectivity index (χ0) is 21.0. The number of aromatic nitrogens is 1. The van der Waals surface area contributed by atoms with Crippen LogP contribution in [0, 0.1) is 5.92 Å². The molecule has 8 heteroatoms. The molecule has 1 fully saturated rings. The summed E-state index contributed by atoms with van der Waals surface area (Å²) in [6.45, 7) is 0.518. The first kappa shape index (κ1) is 18.9. The molecule has 0 bridgehead atoms. The van der Waals surface area contributed by atoms with Crippen molar-refractivity contribution in [2.24, 2.45) is 10.9 Å². The number of benzene rings is 2. The molecule has 30 heavy (non-hydrogen) atoms. The molecule has 0 saturated heterocycles. The maximum absolute atomic E-state index is 13.4. The lowest BCUT2D eigenvalue weighted by Gasteiger charge is -2.19. The topological polar surface area (TPSA) is 115 Å². The minimum absolute atomic E-state index is 0.0422. The van der Waals surface area contributed by atoms with Gasteiger partial charge in [0.1, 0.15) is 11.3 Å². The Kier molecular flexibility index (Phi) is 4.21. The van der Waals surface area contributed by atoms with E-state index in [0.29, 0.717) is 29.1 Å². The van der Waals surface area contributed by atoms with Crippen LogP contribution >= 0.6 is 0 Å². The Morgan fingerprint density at radius 1 is 1.17 bits per heavy atom. The Hall–Kier alpha value is -3.13. The van der Waals surface area contributed by atoms with Crippen LogP contribution < -0.4 is 11.3 Å². The highest BCUT2D eigenvalue weighted by Gasteiger charge is 2.31. The number of pyridine rings is 1. The van der Waals surface area contributed by atoms with E-state index >= 15 is 0 Å². The zero-order valence-corrected chi connectivity index (χ0v) is 17.0. The van der Waals surface area contributed by atoms with Gasteiger partial charge in [-0.25, -0.2) is 8.42 Å². The van der Waals surface area contributed by atoms with Crippen molar-refractivity contribution < 1.29 is 13.5 Å². The predicted octanol–water partition coefficient (Wildman–Crippen LogP) is 3.00. The molecule has 5 rings (SSSR count). The fourth-order valence-electron chi connectivity index (χ4n) is 4.03. The molecule has 1 saturated carbocycles. The first-order valence-electron chi connectivity index (χ1n) is 9.90. The molecule has 0 atom stereocenters. The molecular formula is C22H21N3O4S. The van der Waals surface area contributed by atoms with Gasteiger partial charge in [-0.3, -0.25) is 9.79 Å². The van der Waals surface area contributed by atoms with Crippen molar-refractivity contribution in [3.05, 3.63) is 58.4 Å². The number of sulfone groups is 1. The summed E-state index contributed by atoms with van der Waals surface area (Å²) in [5, 5.41) is 11.5. The third kappa shape index (κ3) is 3.08. The second-order valence-corrected chi connectivity index (χ2v) is 9.93. The number of nitrogens with two attached hydrogens (primary N) is 1. The fraction of sp³-hybridized carbons (Fsp3) is 0.273. The molecule has 0 amide bonds. The first-order chi connectivity index (χ1) is 14.3. The number of hydrogen-bond donors (Lipinski definition) is 2. The van der Waals surface area contributed by atoms with E-state index < -0.39 is 21.1 Å². The molecule has 2 heterocycles. The number of para-hydroxylation sites is 1. The lowest BCUT2D eigenvalue weighted by Crippen LogP contribution is -2.31. The van der Waals surface area contributed by atoms with E-state index in [1.54, 1.807) is 28.8 Å². The molecule has 1 aliphatic heterocycles. The van der Waals surface area contributed by atoms with Crippen molar-refractivity contribution >= 4 is 37.8 Å². The van der Waals surface area contributed by atoms with Crippen LogP contribution in [0.5, 0.6) is 5.75 Å². The Labute approximate surface area is 173 Å². The van der Waals surface area contributed by atoms with Crippen LogP contribution in [-0.4, -0.2) is 29.6 Å². The van der Waals surface area contributed by atoms with E-state index in [1.165, 1.54) is 25.0 Å². The van der Waals surface area contributed by atoms with Crippen molar-refractivity contribution in [2.45, 2.75) is 30.7 Å². The van der Waals surface area contributed by atoms with Gasteiger partial charge in [-0.2, -0.15) is 0 Å². The number of fused-ring (bicyclic) bond motifs is 2. The minimum Gasteiger partial charge on any atom is -0.506 e. The third-order valence-electron chi connectivity index (χ3n) is 5.79. The molecule has 3 N–H and O–H groups in total. The van der Waals surface area contributed by atoms with E-state index in [0.717, 1.165) is 6.42 Å². The van der Waals surface area contributed by atoms with Gasteiger partial charge in [0.05, 0.1) is 27.6 Å². The van der Waals surface area contributed by atoms with Gasteiger partial charge in [0.25, 0.3) is 5.56 Å². The first-order valence-corrected chi connectivity index (χ1v) is 11.5. The highest BCUT2D eigenvalue weighted by molar-refractivity contribution is 7.92. The molecule has 3 aromatic rings. The molecule has 7 nitrogen and oxygen atoms in total. The smallest absolute Gasteiger partial charge is 0.263 e. The van der Waals surface area contributed by atoms with Gasteiger partial charge >= 0.3 is 0 Å². The second kappa shape index (κ2) is 6.70. The standard InChI is InChI=1S/C22H21N3O4S/c23-14-7-8-16-19(11-14)30(28,29)12-17(24-16)20-21(26)15-3-1-2-4-18(15)25(22(20)27)10-9-13-5-6-13/h1-4,7-8,11,13,26H,5-6,9-10,12,23H2. The Morgan fingerprint density at radius 3 is 2.70 bits per heavy atom. The third-order valence-corrected chi connectivity index (χ3v) is 7.44. The Bertz CT molecular complexity index is 1390. The van der Waals surface area contributed by atoms with Crippen molar-refractivity contribution in [1.29, 1.82) is 0 Å². The quantitative estimate of drug-likeness (QED) is 0.626. The number of nitrogen functional groups attached to an aromatic ring is 1. The van der Waals surface area contributed by atoms with Crippen LogP contribution in [-0.2, 0) is 16.4 Å². The number of rotatable bonds is 4. The number of anilines is 1. The minimum atomic E-state index is -3.75. The van der Waals surface area contributed by atoms with Crippen molar-refractivity contribution in [1.82, 2.24) is 4.57 Å². The summed E-state index contributed by atoms with van der Waals surface area (Å²) in [7, 11) is -3.75. The van der Waals surface area contributed by atoms with Crippen LogP contribution in [0.1, 0.15) is 24.8 Å². The molecule has 1 aromatic heterocycles. The molecule has 2 aromatic carbocycles. The lowest BCUT2D eigenvalue weighted by molar-refractivity contribution is 0.476. The van der Waals surface area contributed by atoms with E-state index in [2.05, 4.69) is 4.99 Å². The summed E-state index contributed by atoms with van der Waals surface area (Å²) >= 11 is 0. The molecular weight excluding hydrogens is 402 g/mol. The maximum atomic E-state index is 13.4. The number of nitrogens with zero attached hydrogens (tertiary/aromatic N) is 2. The summed E-state index contributed by atoms with van der Waals surface area (Å²) in [6, 6.07) is 11.6. The zero-order valence-electron chi connectivity index (χ0n) is 16.2. The van der Waals surface area contributed by atoms with Gasteiger partial charge in [0, 0.05) is 17.6 Å². The monoisotopic (exact) mass is 423 g/mol. The van der Waals surface area contributed by atoms with Gasteiger partial charge in [0.2, 0.25) is 0 Å². The van der Waals surface area contributed by atoms with Crippen molar-refractivity contribution in [3.8, 4) is 5.75 Å². The van der Waals surface area contributed by atoms with Crippen LogP contribution in [0.15, 0.2) is 57.1 Å². The number of aliphatic imine (C=N–C) groups is 1. The summed E-state index contributed by atoms with van der Waals surface area (Å²) in [4.78, 5) is 17.9. The van der Waals surface area contributed by atoms with Gasteiger partial charge < -0.3 is 15.4 Å². The fourth-order valence-corrected chi connectivity index (χ4v) is 5.50. The van der Waals surface area contributed by atoms with Gasteiger partial charge in [0.15, 0.2) is 9.84 Å². The molecule has 0 spiro atoms. The van der Waals surface area contributed by atoms with E-state index in [4.69, 9.17) is 5.73 Å². The Balaban J connectivity index is 1.75. The summed E-state index contributed by atoms with van der Waals surface area (Å²) in [6.07, 6.45) is 3.21. The highest BCUT2D eigenvalue weighted by atomic mass is 32.2. The van der Waals surface area contributed by atoms with E-state index in [9.17, 15) is 18.3 Å². The van der Waals surface area contributed by atoms with Crippen LogP contribution in [0.4, 0.5) is 11.4 Å². The van der Waals surface area contributed by atoms with Crippen LogP contribution in [0.2, 0.25) is 0 Å². The molecule has 0 unspecified atom stereocenters. The van der Waals surface area contributed by atoms with Gasteiger partial charge in [-0.1, -0.05) is 25.0 Å². The molecule has 154 valence electrons. The summed E-state index contributed by atoms with van der Waals surface area (Å²) in [5.41, 5.74) is 6.51. The predicted molar refractivity (Wildman–Crippen MR) is 116 cm³/mol. The highest BCUT2D eigenvalue weighted by Crippen LogP contribution is 2.36. The number of aromatic hydroxyl groups is 1. The van der Waals surface area contributed by atoms with E-state index in [-0.39, 0.29) is 27.6 Å². The molecule has 2 aliphatic rings. The van der Waals surface area contributed by atoms with Gasteiger partial charge in [-0.15, -0.1) is 0 Å². The number of hydrogen-bond acceptors (Lipinski definition) is 6. The normalized spacial score (nSPS) is 17.5. The average Bonchev–Trinajstić information content (AvgIpc) is 3.53. The summed E-state index contributed by atoms with van der Waals surface area (Å²) < 4.78 is 27.4. The molecule has 0 radical (unpaired) electrons. The SMILES string of the molecule is Nc1ccc2c(c1)S(=O)(=O)CC(c1c(O)c3ccccc3n(CCC3CC3)c1=O)=N2. The van der Waals surface area contributed by atoms with Crippen molar-refractivity contribution in [3.63, 3.8) is 0 Å². The molecule has 1 aliphatic carbocycles. The Morgan fingerprint density at radius 2 is 1.93 bits per heavy atom. The largest absolute Gasteiger partial charge is 0.506 e.